The molecule has 0 saturated heterocycles. The Hall–Kier alpha value is -2.59. The maximum atomic E-state index is 13.2. The first kappa shape index (κ1) is 20.7. The normalized spacial score (nSPS) is 20.1. The molecule has 1 aliphatic heterocycles. The van der Waals surface area contributed by atoms with Crippen LogP contribution in [0.2, 0.25) is 5.02 Å². The monoisotopic (exact) mass is 423 g/mol. The number of carbonyl (C=O) groups excluding carboxylic acids is 2. The van der Waals surface area contributed by atoms with Crippen LogP contribution in [-0.4, -0.2) is 27.7 Å². The van der Waals surface area contributed by atoms with Gasteiger partial charge >= 0.3 is 0 Å². The van der Waals surface area contributed by atoms with Gasteiger partial charge in [0.15, 0.2) is 11.5 Å². The molecule has 1 unspecified atom stereocenters. The van der Waals surface area contributed by atoms with Crippen LogP contribution in [0.4, 0.5) is 0 Å². The van der Waals surface area contributed by atoms with Crippen molar-refractivity contribution in [2.24, 2.45) is 0 Å². The summed E-state index contributed by atoms with van der Waals surface area (Å²) in [5.74, 6) is -0.994. The minimum atomic E-state index is -0.554. The standard InChI is InChI=1S/C25H26ClNO3/c26-19-14-12-18(13-15-19)23-22(21(28)16-11-17-7-3-1-4-8-17)24(29)25(30)27(23)20-9-5-2-6-10-20/h1,3-4,7-8,12-15,20,23,29H,2,5-6,9-11,16H2. The minimum Gasteiger partial charge on any atom is -0.503 e. The molecule has 0 spiro atoms. The van der Waals surface area contributed by atoms with Gasteiger partial charge in [-0.25, -0.2) is 0 Å². The second kappa shape index (κ2) is 9.05. The molecule has 0 bridgehead atoms. The average molecular weight is 424 g/mol. The van der Waals surface area contributed by atoms with Crippen LogP contribution in [0.1, 0.15) is 55.7 Å². The first-order chi connectivity index (χ1) is 14.6. The molecule has 156 valence electrons. The molecular weight excluding hydrogens is 398 g/mol. The second-order valence-electron chi connectivity index (χ2n) is 8.13. The predicted molar refractivity (Wildman–Crippen MR) is 117 cm³/mol. The molecule has 1 aliphatic carbocycles. The number of ketones is 1. The van der Waals surface area contributed by atoms with Crippen molar-refractivity contribution in [3.05, 3.63) is 82.1 Å². The van der Waals surface area contributed by atoms with E-state index in [9.17, 15) is 14.7 Å². The topological polar surface area (TPSA) is 57.6 Å². The number of aryl methyl sites for hydroxylation is 1. The van der Waals surface area contributed by atoms with E-state index in [1.54, 1.807) is 17.0 Å². The number of Topliss-reactive ketones (excluding diaryl/α,β-unsaturated/α-hetero) is 1. The lowest BCUT2D eigenvalue weighted by atomic mass is 9.89. The first-order valence-electron chi connectivity index (χ1n) is 10.6. The third-order valence-electron chi connectivity index (χ3n) is 6.18. The fraction of sp³-hybridized carbons (Fsp3) is 0.360. The molecule has 0 radical (unpaired) electrons. The highest BCUT2D eigenvalue weighted by atomic mass is 35.5. The SMILES string of the molecule is O=C(CCc1ccccc1)C1=C(O)C(=O)N(C2CCCCC2)C1c1ccc(Cl)cc1. The summed E-state index contributed by atoms with van der Waals surface area (Å²) in [6.07, 6.45) is 5.88. The second-order valence-corrected chi connectivity index (χ2v) is 8.57. The lowest BCUT2D eigenvalue weighted by molar-refractivity contribution is -0.132. The smallest absolute Gasteiger partial charge is 0.290 e. The Labute approximate surface area is 182 Å². The number of nitrogens with zero attached hydrogens (tertiary/aromatic N) is 1. The van der Waals surface area contributed by atoms with Gasteiger partial charge in [0.2, 0.25) is 0 Å². The minimum absolute atomic E-state index is 0.0356. The summed E-state index contributed by atoms with van der Waals surface area (Å²) in [7, 11) is 0. The Kier molecular flexibility index (Phi) is 6.24. The molecule has 1 saturated carbocycles. The maximum Gasteiger partial charge on any atom is 0.290 e. The van der Waals surface area contributed by atoms with Gasteiger partial charge in [-0.2, -0.15) is 0 Å². The Bertz CT molecular complexity index is 946. The van der Waals surface area contributed by atoms with E-state index in [0.717, 1.165) is 43.2 Å². The van der Waals surface area contributed by atoms with Gasteiger partial charge in [-0.05, 0) is 42.5 Å². The van der Waals surface area contributed by atoms with Crippen LogP contribution in [-0.2, 0) is 16.0 Å². The van der Waals surface area contributed by atoms with E-state index in [4.69, 9.17) is 11.6 Å². The molecule has 2 aliphatic rings. The summed E-state index contributed by atoms with van der Waals surface area (Å²) in [5.41, 5.74) is 2.09. The van der Waals surface area contributed by atoms with E-state index in [2.05, 4.69) is 0 Å². The van der Waals surface area contributed by atoms with Crippen molar-refractivity contribution >= 4 is 23.3 Å². The number of aliphatic hydroxyl groups excluding tert-OH is 1. The highest BCUT2D eigenvalue weighted by Crippen LogP contribution is 2.42. The van der Waals surface area contributed by atoms with Gasteiger partial charge in [0.25, 0.3) is 5.91 Å². The molecule has 2 aromatic rings. The molecule has 1 atom stereocenters. The van der Waals surface area contributed by atoms with Crippen molar-refractivity contribution in [3.8, 4) is 0 Å². The lowest BCUT2D eigenvalue weighted by Gasteiger charge is -2.36. The molecule has 2 aromatic carbocycles. The molecule has 4 nitrogen and oxygen atoms in total. The van der Waals surface area contributed by atoms with E-state index in [1.807, 2.05) is 42.5 Å². The summed E-state index contributed by atoms with van der Waals surface area (Å²) in [5, 5.41) is 11.3. The Balaban J connectivity index is 1.65. The van der Waals surface area contributed by atoms with Crippen LogP contribution < -0.4 is 0 Å². The van der Waals surface area contributed by atoms with Crippen LogP contribution in [0, 0.1) is 0 Å². The van der Waals surface area contributed by atoms with E-state index >= 15 is 0 Å². The van der Waals surface area contributed by atoms with Crippen LogP contribution in [0.15, 0.2) is 65.9 Å². The molecule has 1 amide bonds. The Morgan fingerprint density at radius 2 is 1.67 bits per heavy atom. The van der Waals surface area contributed by atoms with E-state index in [1.165, 1.54) is 0 Å². The molecule has 1 N–H and O–H groups in total. The van der Waals surface area contributed by atoms with Crippen molar-refractivity contribution in [2.45, 2.75) is 57.0 Å². The van der Waals surface area contributed by atoms with Crippen molar-refractivity contribution in [2.75, 3.05) is 0 Å². The van der Waals surface area contributed by atoms with Gasteiger partial charge in [-0.3, -0.25) is 9.59 Å². The number of hydrogen-bond acceptors (Lipinski definition) is 3. The van der Waals surface area contributed by atoms with Gasteiger partial charge in [-0.1, -0.05) is 73.3 Å². The fourth-order valence-electron chi connectivity index (χ4n) is 4.65. The fourth-order valence-corrected chi connectivity index (χ4v) is 4.78. The highest BCUT2D eigenvalue weighted by Gasteiger charge is 2.46. The van der Waals surface area contributed by atoms with Crippen molar-refractivity contribution in [1.29, 1.82) is 0 Å². The van der Waals surface area contributed by atoms with Crippen LogP contribution in [0.3, 0.4) is 0 Å². The molecular formula is C25H26ClNO3. The van der Waals surface area contributed by atoms with Crippen molar-refractivity contribution in [1.82, 2.24) is 4.90 Å². The number of benzene rings is 2. The summed E-state index contributed by atoms with van der Waals surface area (Å²) in [6, 6.07) is 16.5. The number of aliphatic hydroxyl groups is 1. The molecule has 4 rings (SSSR count). The zero-order chi connectivity index (χ0) is 21.1. The summed E-state index contributed by atoms with van der Waals surface area (Å²) < 4.78 is 0. The third-order valence-corrected chi connectivity index (χ3v) is 6.43. The highest BCUT2D eigenvalue weighted by molar-refractivity contribution is 6.30. The van der Waals surface area contributed by atoms with E-state index < -0.39 is 17.7 Å². The van der Waals surface area contributed by atoms with E-state index in [-0.39, 0.29) is 23.8 Å². The predicted octanol–water partition coefficient (Wildman–Crippen LogP) is 5.57. The third kappa shape index (κ3) is 4.15. The zero-order valence-electron chi connectivity index (χ0n) is 16.9. The molecule has 1 heterocycles. The van der Waals surface area contributed by atoms with Gasteiger partial charge < -0.3 is 10.0 Å². The van der Waals surface area contributed by atoms with Crippen molar-refractivity contribution in [3.63, 3.8) is 0 Å². The first-order valence-corrected chi connectivity index (χ1v) is 11.0. The number of halogens is 1. The van der Waals surface area contributed by atoms with Gasteiger partial charge in [0.1, 0.15) is 0 Å². The average Bonchev–Trinajstić information content (AvgIpc) is 3.04. The molecule has 5 heteroatoms. The molecule has 1 fully saturated rings. The van der Waals surface area contributed by atoms with E-state index in [0.29, 0.717) is 11.4 Å². The van der Waals surface area contributed by atoms with Crippen LogP contribution in [0.25, 0.3) is 0 Å². The van der Waals surface area contributed by atoms with Gasteiger partial charge in [0.05, 0.1) is 11.6 Å². The number of amides is 1. The van der Waals surface area contributed by atoms with Crippen molar-refractivity contribution < 1.29 is 14.7 Å². The number of carbonyl (C=O) groups is 2. The van der Waals surface area contributed by atoms with Gasteiger partial charge in [-0.15, -0.1) is 0 Å². The van der Waals surface area contributed by atoms with Gasteiger partial charge in [0, 0.05) is 17.5 Å². The van der Waals surface area contributed by atoms with Crippen LogP contribution >= 0.6 is 11.6 Å². The summed E-state index contributed by atoms with van der Waals surface area (Å²) >= 11 is 6.07. The lowest BCUT2D eigenvalue weighted by Crippen LogP contribution is -2.41. The molecule has 0 aromatic heterocycles. The maximum absolute atomic E-state index is 13.2. The quantitative estimate of drug-likeness (QED) is 0.660. The zero-order valence-corrected chi connectivity index (χ0v) is 17.6. The van der Waals surface area contributed by atoms with Crippen LogP contribution in [0.5, 0.6) is 0 Å². The summed E-state index contributed by atoms with van der Waals surface area (Å²) in [4.78, 5) is 28.1. The Morgan fingerprint density at radius 3 is 2.33 bits per heavy atom. The Morgan fingerprint density at radius 1 is 1.00 bits per heavy atom. The number of rotatable bonds is 6. The largest absolute Gasteiger partial charge is 0.503 e. The number of hydrogen-bond donors (Lipinski definition) is 1. The summed E-state index contributed by atoms with van der Waals surface area (Å²) in [6.45, 7) is 0. The molecule has 30 heavy (non-hydrogen) atoms.